The first-order chi connectivity index (χ1) is 10.2. The van der Waals surface area contributed by atoms with Crippen LogP contribution in [0, 0.1) is 6.92 Å². The molecule has 0 saturated heterocycles. The normalized spacial score (nSPS) is 10.5. The minimum Gasteiger partial charge on any atom is -0.324 e. The second-order valence-electron chi connectivity index (χ2n) is 4.65. The lowest BCUT2D eigenvalue weighted by Crippen LogP contribution is -2.18. The number of hydrogen-bond acceptors (Lipinski definition) is 4. The van der Waals surface area contributed by atoms with Crippen molar-refractivity contribution in [2.75, 3.05) is 5.32 Å². The van der Waals surface area contributed by atoms with Gasteiger partial charge in [0.1, 0.15) is 19.2 Å². The summed E-state index contributed by atoms with van der Waals surface area (Å²) in [5.74, 6) is -0.124. The molecular formula is C15H14N4OS. The minimum atomic E-state index is -0.124. The van der Waals surface area contributed by atoms with Crippen LogP contribution in [-0.4, -0.2) is 20.7 Å². The van der Waals surface area contributed by atoms with Crippen molar-refractivity contribution in [3.8, 4) is 10.4 Å². The Kier molecular flexibility index (Phi) is 3.79. The van der Waals surface area contributed by atoms with E-state index in [0.717, 1.165) is 11.3 Å². The molecule has 1 aromatic carbocycles. The van der Waals surface area contributed by atoms with Crippen molar-refractivity contribution in [1.82, 2.24) is 14.8 Å². The molecule has 0 saturated carbocycles. The fraction of sp³-hybridized carbons (Fsp3) is 0.133. The Morgan fingerprint density at radius 1 is 1.38 bits per heavy atom. The molecule has 0 spiro atoms. The largest absolute Gasteiger partial charge is 0.324 e. The zero-order valence-corrected chi connectivity index (χ0v) is 12.3. The topological polar surface area (TPSA) is 59.8 Å². The molecule has 5 nitrogen and oxygen atoms in total. The molecule has 0 bridgehead atoms. The van der Waals surface area contributed by atoms with Gasteiger partial charge in [-0.1, -0.05) is 12.1 Å². The number of carbonyl (C=O) groups is 1. The maximum atomic E-state index is 11.9. The zero-order chi connectivity index (χ0) is 14.7. The van der Waals surface area contributed by atoms with Gasteiger partial charge in [0, 0.05) is 10.6 Å². The monoisotopic (exact) mass is 298 g/mol. The van der Waals surface area contributed by atoms with E-state index in [4.69, 9.17) is 0 Å². The van der Waals surface area contributed by atoms with Crippen molar-refractivity contribution in [3.05, 3.63) is 53.9 Å². The minimum absolute atomic E-state index is 0.124. The van der Waals surface area contributed by atoms with Crippen molar-refractivity contribution < 1.29 is 4.79 Å². The van der Waals surface area contributed by atoms with E-state index in [0.29, 0.717) is 0 Å². The molecule has 0 aliphatic rings. The smallest absolute Gasteiger partial charge is 0.246 e. The fourth-order valence-electron chi connectivity index (χ4n) is 2.07. The van der Waals surface area contributed by atoms with Crippen LogP contribution >= 0.6 is 11.3 Å². The van der Waals surface area contributed by atoms with Crippen molar-refractivity contribution >= 4 is 22.9 Å². The number of anilines is 1. The van der Waals surface area contributed by atoms with E-state index < -0.39 is 0 Å². The van der Waals surface area contributed by atoms with E-state index in [2.05, 4.69) is 33.8 Å². The molecule has 3 aromatic rings. The van der Waals surface area contributed by atoms with E-state index in [1.807, 2.05) is 24.3 Å². The summed E-state index contributed by atoms with van der Waals surface area (Å²) in [6.07, 6.45) is 2.93. The van der Waals surface area contributed by atoms with E-state index in [9.17, 15) is 4.79 Å². The van der Waals surface area contributed by atoms with Gasteiger partial charge in [-0.15, -0.1) is 11.3 Å². The average molecular weight is 298 g/mol. The first-order valence-electron chi connectivity index (χ1n) is 6.49. The standard InChI is InChI=1S/C15H14N4OS/c1-11-5-6-21-15(11)12-3-2-4-13(7-12)18-14(20)8-19-10-16-9-17-19/h2-7,9-10H,8H2,1H3,(H,18,20). The summed E-state index contributed by atoms with van der Waals surface area (Å²) in [6.45, 7) is 2.24. The Hall–Kier alpha value is -2.47. The molecule has 0 radical (unpaired) electrons. The molecule has 0 aliphatic carbocycles. The van der Waals surface area contributed by atoms with Crippen molar-refractivity contribution in [2.24, 2.45) is 0 Å². The summed E-state index contributed by atoms with van der Waals surface area (Å²) < 4.78 is 1.49. The van der Waals surface area contributed by atoms with Gasteiger partial charge < -0.3 is 5.32 Å². The Morgan fingerprint density at radius 2 is 2.29 bits per heavy atom. The number of benzene rings is 1. The van der Waals surface area contributed by atoms with Crippen LogP contribution < -0.4 is 5.32 Å². The maximum absolute atomic E-state index is 11.9. The fourth-order valence-corrected chi connectivity index (χ4v) is 2.99. The molecule has 2 heterocycles. The average Bonchev–Trinajstić information content (AvgIpc) is 3.10. The third-order valence-electron chi connectivity index (χ3n) is 3.04. The molecular weight excluding hydrogens is 284 g/mol. The van der Waals surface area contributed by atoms with E-state index in [1.165, 1.54) is 27.8 Å². The lowest BCUT2D eigenvalue weighted by Gasteiger charge is -2.07. The highest BCUT2D eigenvalue weighted by Crippen LogP contribution is 2.30. The molecule has 0 atom stereocenters. The van der Waals surface area contributed by atoms with Crippen LogP contribution in [0.1, 0.15) is 5.56 Å². The van der Waals surface area contributed by atoms with Crippen LogP contribution in [-0.2, 0) is 11.3 Å². The van der Waals surface area contributed by atoms with Crippen LogP contribution in [0.5, 0.6) is 0 Å². The lowest BCUT2D eigenvalue weighted by molar-refractivity contribution is -0.116. The van der Waals surface area contributed by atoms with Crippen LogP contribution in [0.15, 0.2) is 48.4 Å². The van der Waals surface area contributed by atoms with E-state index >= 15 is 0 Å². The van der Waals surface area contributed by atoms with Crippen LogP contribution in [0.2, 0.25) is 0 Å². The van der Waals surface area contributed by atoms with Crippen LogP contribution in [0.25, 0.3) is 10.4 Å². The number of aryl methyl sites for hydroxylation is 1. The van der Waals surface area contributed by atoms with Gasteiger partial charge in [-0.2, -0.15) is 5.10 Å². The first-order valence-corrected chi connectivity index (χ1v) is 7.37. The molecule has 3 rings (SSSR count). The number of thiophene rings is 1. The second-order valence-corrected chi connectivity index (χ2v) is 5.57. The quantitative estimate of drug-likeness (QED) is 0.805. The number of carbonyl (C=O) groups excluding carboxylic acids is 1. The molecule has 1 N–H and O–H groups in total. The number of aromatic nitrogens is 3. The van der Waals surface area contributed by atoms with Crippen LogP contribution in [0.3, 0.4) is 0 Å². The summed E-state index contributed by atoms with van der Waals surface area (Å²) in [5, 5.41) is 8.86. The van der Waals surface area contributed by atoms with Crippen molar-refractivity contribution in [1.29, 1.82) is 0 Å². The Balaban J connectivity index is 1.74. The predicted octanol–water partition coefficient (Wildman–Crippen LogP) is 2.95. The molecule has 21 heavy (non-hydrogen) atoms. The molecule has 6 heteroatoms. The second kappa shape index (κ2) is 5.88. The molecule has 1 amide bonds. The third kappa shape index (κ3) is 3.17. The van der Waals surface area contributed by atoms with Gasteiger partial charge in [0.05, 0.1) is 0 Å². The van der Waals surface area contributed by atoms with E-state index in [-0.39, 0.29) is 12.5 Å². The van der Waals surface area contributed by atoms with Gasteiger partial charge in [0.2, 0.25) is 5.91 Å². The zero-order valence-electron chi connectivity index (χ0n) is 11.5. The number of nitrogens with zero attached hydrogens (tertiary/aromatic N) is 3. The van der Waals surface area contributed by atoms with Crippen molar-refractivity contribution in [3.63, 3.8) is 0 Å². The Labute approximate surface area is 126 Å². The lowest BCUT2D eigenvalue weighted by atomic mass is 10.1. The summed E-state index contributed by atoms with van der Waals surface area (Å²) in [5.41, 5.74) is 3.14. The highest BCUT2D eigenvalue weighted by atomic mass is 32.1. The van der Waals surface area contributed by atoms with Crippen molar-refractivity contribution in [2.45, 2.75) is 13.5 Å². The van der Waals surface area contributed by atoms with Gasteiger partial charge >= 0.3 is 0 Å². The summed E-state index contributed by atoms with van der Waals surface area (Å²) in [7, 11) is 0. The summed E-state index contributed by atoms with van der Waals surface area (Å²) in [6, 6.07) is 9.95. The van der Waals surface area contributed by atoms with Gasteiger partial charge in [0.25, 0.3) is 0 Å². The van der Waals surface area contributed by atoms with Gasteiger partial charge in [-0.25, -0.2) is 9.67 Å². The molecule has 2 aromatic heterocycles. The first kappa shape index (κ1) is 13.5. The van der Waals surface area contributed by atoms with Gasteiger partial charge in [-0.3, -0.25) is 4.79 Å². The number of nitrogens with one attached hydrogen (secondary N) is 1. The molecule has 0 aliphatic heterocycles. The highest BCUT2D eigenvalue weighted by molar-refractivity contribution is 7.13. The van der Waals surface area contributed by atoms with Gasteiger partial charge in [0.15, 0.2) is 0 Å². The molecule has 106 valence electrons. The summed E-state index contributed by atoms with van der Waals surface area (Å²) in [4.78, 5) is 17.0. The number of hydrogen-bond donors (Lipinski definition) is 1. The van der Waals surface area contributed by atoms with E-state index in [1.54, 1.807) is 11.3 Å². The summed E-state index contributed by atoms with van der Waals surface area (Å²) >= 11 is 1.70. The maximum Gasteiger partial charge on any atom is 0.246 e. The molecule has 0 fully saturated rings. The van der Waals surface area contributed by atoms with Gasteiger partial charge in [-0.05, 0) is 41.6 Å². The highest BCUT2D eigenvalue weighted by Gasteiger charge is 2.07. The SMILES string of the molecule is Cc1ccsc1-c1cccc(NC(=O)Cn2cncn2)c1. The predicted molar refractivity (Wildman–Crippen MR) is 83.1 cm³/mol. The van der Waals surface area contributed by atoms with Crippen LogP contribution in [0.4, 0.5) is 5.69 Å². The molecule has 0 unspecified atom stereocenters. The Bertz CT molecular complexity index is 749. The number of amides is 1. The Morgan fingerprint density at radius 3 is 3.00 bits per heavy atom. The third-order valence-corrected chi connectivity index (χ3v) is 4.11. The number of rotatable bonds is 4.